The van der Waals surface area contributed by atoms with Gasteiger partial charge in [0.1, 0.15) is 0 Å². The number of benzene rings is 1. The molecule has 2 rings (SSSR count). The van der Waals surface area contributed by atoms with Crippen LogP contribution < -0.4 is 5.73 Å². The predicted molar refractivity (Wildman–Crippen MR) is 55.7 cm³/mol. The lowest BCUT2D eigenvalue weighted by molar-refractivity contribution is 0.0471. The second kappa shape index (κ2) is 4.56. The van der Waals surface area contributed by atoms with E-state index >= 15 is 0 Å². The SMILES string of the molecule is Nc1cnn(COCc2ccccc2)n1. The smallest absolute Gasteiger partial charge is 0.166 e. The van der Waals surface area contributed by atoms with E-state index in [0.29, 0.717) is 19.2 Å². The molecule has 1 aromatic heterocycles. The topological polar surface area (TPSA) is 66.0 Å². The van der Waals surface area contributed by atoms with E-state index in [9.17, 15) is 0 Å². The summed E-state index contributed by atoms with van der Waals surface area (Å²) in [6.45, 7) is 0.856. The fourth-order valence-corrected chi connectivity index (χ4v) is 1.19. The van der Waals surface area contributed by atoms with Crippen molar-refractivity contribution in [3.8, 4) is 0 Å². The first-order chi connectivity index (χ1) is 7.34. The molecule has 0 unspecified atom stereocenters. The molecule has 0 amide bonds. The number of anilines is 1. The summed E-state index contributed by atoms with van der Waals surface area (Å²) in [6.07, 6.45) is 1.49. The number of hydrogen-bond acceptors (Lipinski definition) is 4. The Bertz CT molecular complexity index is 412. The van der Waals surface area contributed by atoms with Crippen LogP contribution in [0.25, 0.3) is 0 Å². The fraction of sp³-hybridized carbons (Fsp3) is 0.200. The highest BCUT2D eigenvalue weighted by Crippen LogP contribution is 2.01. The Morgan fingerprint density at radius 2 is 2.07 bits per heavy atom. The van der Waals surface area contributed by atoms with Gasteiger partial charge in [0.05, 0.1) is 12.8 Å². The monoisotopic (exact) mass is 204 g/mol. The van der Waals surface area contributed by atoms with Crippen LogP contribution in [0.3, 0.4) is 0 Å². The van der Waals surface area contributed by atoms with Crippen molar-refractivity contribution in [1.82, 2.24) is 15.0 Å². The molecule has 5 heteroatoms. The highest BCUT2D eigenvalue weighted by atomic mass is 16.5. The minimum Gasteiger partial charge on any atom is -0.381 e. The van der Waals surface area contributed by atoms with Crippen molar-refractivity contribution in [2.45, 2.75) is 13.3 Å². The van der Waals surface area contributed by atoms with Gasteiger partial charge in [-0.25, -0.2) is 0 Å². The second-order valence-corrected chi connectivity index (χ2v) is 3.10. The zero-order valence-electron chi connectivity index (χ0n) is 8.21. The van der Waals surface area contributed by atoms with E-state index in [1.807, 2.05) is 30.3 Å². The van der Waals surface area contributed by atoms with Crippen LogP contribution in [0, 0.1) is 0 Å². The first-order valence-electron chi connectivity index (χ1n) is 4.62. The highest BCUT2D eigenvalue weighted by Gasteiger charge is 1.96. The number of nitrogen functional groups attached to an aromatic ring is 1. The van der Waals surface area contributed by atoms with E-state index in [1.54, 1.807) is 0 Å². The van der Waals surface area contributed by atoms with Gasteiger partial charge in [0, 0.05) is 0 Å². The predicted octanol–water partition coefficient (Wildman–Crippen LogP) is 1.03. The largest absolute Gasteiger partial charge is 0.381 e. The fourth-order valence-electron chi connectivity index (χ4n) is 1.19. The van der Waals surface area contributed by atoms with Gasteiger partial charge in [-0.1, -0.05) is 30.3 Å². The Hall–Kier alpha value is -1.88. The Morgan fingerprint density at radius 3 is 2.73 bits per heavy atom. The normalized spacial score (nSPS) is 10.4. The van der Waals surface area contributed by atoms with Crippen LogP contribution in [-0.2, 0) is 18.1 Å². The van der Waals surface area contributed by atoms with Gasteiger partial charge in [0.25, 0.3) is 0 Å². The second-order valence-electron chi connectivity index (χ2n) is 3.10. The lowest BCUT2D eigenvalue weighted by atomic mass is 10.2. The van der Waals surface area contributed by atoms with E-state index in [4.69, 9.17) is 10.5 Å². The van der Waals surface area contributed by atoms with Crippen molar-refractivity contribution in [1.29, 1.82) is 0 Å². The van der Waals surface area contributed by atoms with Gasteiger partial charge in [-0.15, -0.1) is 5.10 Å². The van der Waals surface area contributed by atoms with Crippen molar-refractivity contribution in [3.63, 3.8) is 0 Å². The summed E-state index contributed by atoms with van der Waals surface area (Å²) >= 11 is 0. The average molecular weight is 204 g/mol. The van der Waals surface area contributed by atoms with Crippen LogP contribution in [-0.4, -0.2) is 15.0 Å². The molecule has 78 valence electrons. The third-order valence-corrected chi connectivity index (χ3v) is 1.87. The van der Waals surface area contributed by atoms with Crippen LogP contribution in [0.5, 0.6) is 0 Å². The first-order valence-corrected chi connectivity index (χ1v) is 4.62. The van der Waals surface area contributed by atoms with Gasteiger partial charge in [0.15, 0.2) is 12.5 Å². The molecule has 0 atom stereocenters. The van der Waals surface area contributed by atoms with Crippen LogP contribution in [0.1, 0.15) is 5.56 Å². The summed E-state index contributed by atoms with van der Waals surface area (Å²) < 4.78 is 5.40. The highest BCUT2D eigenvalue weighted by molar-refractivity contribution is 5.19. The maximum absolute atomic E-state index is 5.41. The molecule has 0 bridgehead atoms. The molecule has 0 aliphatic heterocycles. The van der Waals surface area contributed by atoms with E-state index in [2.05, 4.69) is 10.2 Å². The van der Waals surface area contributed by atoms with Crippen LogP contribution >= 0.6 is 0 Å². The number of hydrogen-bond donors (Lipinski definition) is 1. The van der Waals surface area contributed by atoms with Crippen molar-refractivity contribution >= 4 is 5.82 Å². The van der Waals surface area contributed by atoms with Gasteiger partial charge in [-0.2, -0.15) is 9.90 Å². The molecule has 1 heterocycles. The summed E-state index contributed by atoms with van der Waals surface area (Å²) in [4.78, 5) is 1.41. The molecule has 0 aliphatic carbocycles. The summed E-state index contributed by atoms with van der Waals surface area (Å²) in [5.74, 6) is 0.401. The Labute approximate surface area is 87.5 Å². The molecular weight excluding hydrogens is 192 g/mol. The molecule has 0 aliphatic rings. The van der Waals surface area contributed by atoms with Gasteiger partial charge >= 0.3 is 0 Å². The molecule has 0 saturated carbocycles. The van der Waals surface area contributed by atoms with E-state index < -0.39 is 0 Å². The van der Waals surface area contributed by atoms with Crippen molar-refractivity contribution < 1.29 is 4.74 Å². The summed E-state index contributed by atoms with van der Waals surface area (Å²) in [6, 6.07) is 9.93. The Kier molecular flexibility index (Phi) is 2.94. The molecule has 15 heavy (non-hydrogen) atoms. The minimum atomic E-state index is 0.312. The molecule has 1 aromatic carbocycles. The maximum atomic E-state index is 5.41. The van der Waals surface area contributed by atoms with Gasteiger partial charge in [-0.3, -0.25) is 0 Å². The molecule has 0 fully saturated rings. The minimum absolute atomic E-state index is 0.312. The maximum Gasteiger partial charge on any atom is 0.166 e. The lowest BCUT2D eigenvalue weighted by Crippen LogP contribution is -2.06. The van der Waals surface area contributed by atoms with Gasteiger partial charge in [0.2, 0.25) is 0 Å². The van der Waals surface area contributed by atoms with E-state index in [-0.39, 0.29) is 0 Å². The molecule has 2 N–H and O–H groups in total. The number of aromatic nitrogens is 3. The first kappa shape index (κ1) is 9.67. The zero-order valence-corrected chi connectivity index (χ0v) is 8.21. The lowest BCUT2D eigenvalue weighted by Gasteiger charge is -2.02. The molecule has 2 aromatic rings. The average Bonchev–Trinajstić information content (AvgIpc) is 2.66. The summed E-state index contributed by atoms with van der Waals surface area (Å²) in [5, 5.41) is 7.80. The quantitative estimate of drug-likeness (QED) is 0.807. The number of rotatable bonds is 4. The van der Waals surface area contributed by atoms with Crippen LogP contribution in [0.4, 0.5) is 5.82 Å². The van der Waals surface area contributed by atoms with Crippen molar-refractivity contribution in [2.75, 3.05) is 5.73 Å². The van der Waals surface area contributed by atoms with Gasteiger partial charge < -0.3 is 10.5 Å². The molecular formula is C10H12N4O. The zero-order chi connectivity index (χ0) is 10.5. The van der Waals surface area contributed by atoms with E-state index in [1.165, 1.54) is 11.0 Å². The van der Waals surface area contributed by atoms with Crippen molar-refractivity contribution in [3.05, 3.63) is 42.1 Å². The van der Waals surface area contributed by atoms with Gasteiger partial charge in [-0.05, 0) is 5.56 Å². The summed E-state index contributed by atoms with van der Waals surface area (Å²) in [7, 11) is 0. The number of nitrogens with two attached hydrogens (primary N) is 1. The standard InChI is InChI=1S/C10H12N4O/c11-10-6-12-14(13-10)8-15-7-9-4-2-1-3-5-9/h1-6H,7-8H2,(H2,11,13). The number of ether oxygens (including phenoxy) is 1. The number of nitrogens with zero attached hydrogens (tertiary/aromatic N) is 3. The summed E-state index contributed by atoms with van der Waals surface area (Å²) in [5.41, 5.74) is 6.53. The van der Waals surface area contributed by atoms with E-state index in [0.717, 1.165) is 5.56 Å². The Morgan fingerprint density at radius 1 is 1.27 bits per heavy atom. The molecule has 0 spiro atoms. The Balaban J connectivity index is 1.80. The van der Waals surface area contributed by atoms with Crippen molar-refractivity contribution in [2.24, 2.45) is 0 Å². The van der Waals surface area contributed by atoms with Crippen LogP contribution in [0.2, 0.25) is 0 Å². The molecule has 0 saturated heterocycles. The third-order valence-electron chi connectivity index (χ3n) is 1.87. The molecule has 0 radical (unpaired) electrons. The molecule has 5 nitrogen and oxygen atoms in total. The van der Waals surface area contributed by atoms with Crippen LogP contribution in [0.15, 0.2) is 36.5 Å². The third kappa shape index (κ3) is 2.78.